The van der Waals surface area contributed by atoms with Gasteiger partial charge in [-0.3, -0.25) is 0 Å². The number of hydrogen-bond donors (Lipinski definition) is 2. The maximum absolute atomic E-state index is 5.90. The minimum atomic E-state index is 0.176. The number of likely N-dealkylation sites (N-methyl/N-ethyl adjacent to an activating group) is 1. The third-order valence-corrected chi connectivity index (χ3v) is 9.70. The molecule has 1 aliphatic rings. The fourth-order valence-electron chi connectivity index (χ4n) is 3.94. The van der Waals surface area contributed by atoms with E-state index in [2.05, 4.69) is 43.6 Å². The highest BCUT2D eigenvalue weighted by Gasteiger charge is 2.45. The van der Waals surface area contributed by atoms with Crippen LogP contribution in [0.1, 0.15) is 51.5 Å². The Morgan fingerprint density at radius 2 is 1.93 bits per heavy atom. The highest BCUT2D eigenvalue weighted by atomic mass is 32.2. The van der Waals surface area contributed by atoms with Gasteiger partial charge in [-0.15, -0.1) is 23.5 Å². The van der Waals surface area contributed by atoms with Gasteiger partial charge in [-0.1, -0.05) is 32.0 Å². The second kappa shape index (κ2) is 10.4. The molecule has 1 aromatic carbocycles. The van der Waals surface area contributed by atoms with Gasteiger partial charge in [0, 0.05) is 30.4 Å². The number of anilines is 1. The smallest absolute Gasteiger partial charge is 0.109 e. The highest BCUT2D eigenvalue weighted by molar-refractivity contribution is 8.17. The zero-order valence-corrected chi connectivity index (χ0v) is 19.8. The quantitative estimate of drug-likeness (QED) is 0.277. The van der Waals surface area contributed by atoms with Gasteiger partial charge in [-0.2, -0.15) is 0 Å². The number of nitrogen functional groups attached to an aromatic ring is 1. The number of hydrogen-bond acceptors (Lipinski definition) is 5. The topological polar surface area (TPSA) is 41.3 Å². The van der Waals surface area contributed by atoms with Gasteiger partial charge in [0.25, 0.3) is 0 Å². The van der Waals surface area contributed by atoms with E-state index in [-0.39, 0.29) is 4.08 Å². The summed E-state index contributed by atoms with van der Waals surface area (Å²) in [6, 6.07) is 9.21. The van der Waals surface area contributed by atoms with E-state index < -0.39 is 0 Å². The Balaban J connectivity index is 2.35. The largest absolute Gasteiger partial charge is 0.399 e. The van der Waals surface area contributed by atoms with Crippen LogP contribution in [0.4, 0.5) is 5.69 Å². The van der Waals surface area contributed by atoms with Gasteiger partial charge in [-0.05, 0) is 63.0 Å². The van der Waals surface area contributed by atoms with Crippen LogP contribution in [0, 0.1) is 0 Å². The van der Waals surface area contributed by atoms with Crippen LogP contribution >= 0.6 is 35.7 Å². The molecular formula is C21H35N3S3. The van der Waals surface area contributed by atoms with Crippen molar-refractivity contribution in [3.63, 3.8) is 0 Å². The summed E-state index contributed by atoms with van der Waals surface area (Å²) >= 11 is 9.92. The van der Waals surface area contributed by atoms with Crippen molar-refractivity contribution in [2.75, 3.05) is 25.3 Å². The first-order valence-corrected chi connectivity index (χ1v) is 12.7. The lowest BCUT2D eigenvalue weighted by Crippen LogP contribution is -2.60. The summed E-state index contributed by atoms with van der Waals surface area (Å²) in [5, 5.41) is 3.98. The molecule has 152 valence electrons. The van der Waals surface area contributed by atoms with E-state index in [9.17, 15) is 0 Å². The number of nitrogens with zero attached hydrogens (tertiary/aromatic N) is 1. The first-order valence-electron chi connectivity index (χ1n) is 9.87. The molecule has 3 nitrogen and oxygen atoms in total. The van der Waals surface area contributed by atoms with E-state index in [0.717, 1.165) is 22.7 Å². The van der Waals surface area contributed by atoms with Crippen LogP contribution in [0.2, 0.25) is 0 Å². The molecule has 6 heteroatoms. The summed E-state index contributed by atoms with van der Waals surface area (Å²) < 4.78 is 0.176. The normalized spacial score (nSPS) is 23.4. The molecule has 27 heavy (non-hydrogen) atoms. The SMILES string of the molecule is CCC(C)NC1C(N(C)C(=S)c2ccc(N)cc2)CCCCC1(SC)SC. The number of nitrogens with one attached hydrogen (secondary N) is 1. The van der Waals surface area contributed by atoms with Crippen molar-refractivity contribution in [2.45, 2.75) is 68.2 Å². The molecule has 2 rings (SSSR count). The Labute approximate surface area is 179 Å². The average molecular weight is 426 g/mol. The number of rotatable bonds is 7. The van der Waals surface area contributed by atoms with Crippen LogP contribution < -0.4 is 11.1 Å². The van der Waals surface area contributed by atoms with E-state index in [0.29, 0.717) is 18.1 Å². The Bertz CT molecular complexity index is 601. The van der Waals surface area contributed by atoms with E-state index >= 15 is 0 Å². The highest BCUT2D eigenvalue weighted by Crippen LogP contribution is 2.46. The second-order valence-electron chi connectivity index (χ2n) is 7.52. The van der Waals surface area contributed by atoms with Crippen LogP contribution in [0.3, 0.4) is 0 Å². The molecule has 0 heterocycles. The Morgan fingerprint density at radius 3 is 2.48 bits per heavy atom. The summed E-state index contributed by atoms with van der Waals surface area (Å²) in [6.45, 7) is 4.55. The van der Waals surface area contributed by atoms with Crippen molar-refractivity contribution < 1.29 is 0 Å². The third-order valence-electron chi connectivity index (χ3n) is 5.88. The number of nitrogens with two attached hydrogens (primary N) is 1. The molecule has 1 aromatic rings. The van der Waals surface area contributed by atoms with Gasteiger partial charge >= 0.3 is 0 Å². The molecule has 0 amide bonds. The van der Waals surface area contributed by atoms with Gasteiger partial charge in [0.15, 0.2) is 0 Å². The molecule has 0 radical (unpaired) electrons. The predicted octanol–water partition coefficient (Wildman–Crippen LogP) is 5.00. The molecule has 1 fully saturated rings. The van der Waals surface area contributed by atoms with Crippen LogP contribution in [0.15, 0.2) is 24.3 Å². The van der Waals surface area contributed by atoms with Crippen molar-refractivity contribution in [2.24, 2.45) is 0 Å². The van der Waals surface area contributed by atoms with Crippen molar-refractivity contribution in [3.8, 4) is 0 Å². The van der Waals surface area contributed by atoms with Gasteiger partial charge in [0.1, 0.15) is 4.99 Å². The van der Waals surface area contributed by atoms with Crippen LogP contribution in [0.25, 0.3) is 0 Å². The third kappa shape index (κ3) is 5.34. The molecule has 0 aromatic heterocycles. The van der Waals surface area contributed by atoms with Crippen LogP contribution in [-0.4, -0.2) is 51.7 Å². The lowest BCUT2D eigenvalue weighted by atomic mass is 9.98. The summed E-state index contributed by atoms with van der Waals surface area (Å²) in [5.74, 6) is 0. The monoisotopic (exact) mass is 425 g/mol. The molecule has 1 aliphatic carbocycles. The van der Waals surface area contributed by atoms with Crippen molar-refractivity contribution in [1.82, 2.24) is 10.2 Å². The molecule has 3 atom stereocenters. The average Bonchev–Trinajstić information content (AvgIpc) is 2.87. The molecule has 0 bridgehead atoms. The fraction of sp³-hybridized carbons (Fsp3) is 0.667. The predicted molar refractivity (Wildman–Crippen MR) is 129 cm³/mol. The van der Waals surface area contributed by atoms with Crippen molar-refractivity contribution in [3.05, 3.63) is 29.8 Å². The number of benzene rings is 1. The first-order chi connectivity index (χ1) is 12.9. The molecule has 0 aliphatic heterocycles. The van der Waals surface area contributed by atoms with Crippen molar-refractivity contribution in [1.29, 1.82) is 0 Å². The van der Waals surface area contributed by atoms with E-state index in [1.165, 1.54) is 25.7 Å². The second-order valence-corrected chi connectivity index (χ2v) is 10.4. The lowest BCUT2D eigenvalue weighted by Gasteiger charge is -2.46. The fourth-order valence-corrected chi connectivity index (χ4v) is 6.53. The molecule has 0 spiro atoms. The minimum Gasteiger partial charge on any atom is -0.399 e. The summed E-state index contributed by atoms with van der Waals surface area (Å²) in [4.78, 5) is 3.25. The zero-order valence-electron chi connectivity index (χ0n) is 17.3. The number of thioether (sulfide) groups is 2. The number of thiocarbonyl (C=S) groups is 1. The van der Waals surface area contributed by atoms with Gasteiger partial charge < -0.3 is 16.0 Å². The van der Waals surface area contributed by atoms with Crippen molar-refractivity contribution >= 4 is 46.4 Å². The van der Waals surface area contributed by atoms with E-state index in [1.54, 1.807) is 0 Å². The maximum Gasteiger partial charge on any atom is 0.109 e. The standard InChI is InChI=1S/C21H35N3S3/c1-6-15(2)23-19-18(9-7-8-14-21(19,26-4)27-5)24(3)20(25)16-10-12-17(22)13-11-16/h10-13,15,18-19,23H,6-9,14,22H2,1-5H3. The minimum absolute atomic E-state index is 0.176. The lowest BCUT2D eigenvalue weighted by molar-refractivity contribution is 0.248. The zero-order chi connectivity index (χ0) is 20.0. The molecule has 3 N–H and O–H groups in total. The van der Waals surface area contributed by atoms with Gasteiger partial charge in [0.2, 0.25) is 0 Å². The Morgan fingerprint density at radius 1 is 1.30 bits per heavy atom. The summed E-state index contributed by atoms with van der Waals surface area (Å²) in [5.41, 5.74) is 7.71. The van der Waals surface area contributed by atoms with E-state index in [4.69, 9.17) is 18.0 Å². The van der Waals surface area contributed by atoms with E-state index in [1.807, 2.05) is 47.8 Å². The Hall–Kier alpha value is -0.430. The molecule has 0 saturated heterocycles. The molecular weight excluding hydrogens is 390 g/mol. The maximum atomic E-state index is 5.90. The summed E-state index contributed by atoms with van der Waals surface area (Å²) in [7, 11) is 2.17. The van der Waals surface area contributed by atoms with Crippen LogP contribution in [-0.2, 0) is 0 Å². The van der Waals surface area contributed by atoms with Crippen LogP contribution in [0.5, 0.6) is 0 Å². The summed E-state index contributed by atoms with van der Waals surface area (Å²) in [6.07, 6.45) is 10.6. The van der Waals surface area contributed by atoms with Gasteiger partial charge in [0.05, 0.1) is 10.1 Å². The van der Waals surface area contributed by atoms with Gasteiger partial charge in [-0.25, -0.2) is 0 Å². The first kappa shape index (κ1) is 22.9. The Kier molecular flexibility index (Phi) is 8.78. The molecule has 1 saturated carbocycles. The molecule has 3 unspecified atom stereocenters.